The normalized spacial score (nSPS) is 21.1. The van der Waals surface area contributed by atoms with Crippen molar-refractivity contribution in [2.24, 2.45) is 0 Å². The minimum absolute atomic E-state index is 0.204. The summed E-state index contributed by atoms with van der Waals surface area (Å²) in [5.74, 6) is 0. The molecule has 0 aromatic rings. The van der Waals surface area contributed by atoms with Gasteiger partial charge < -0.3 is 14.7 Å². The Morgan fingerprint density at radius 2 is 1.95 bits per heavy atom. The van der Waals surface area contributed by atoms with Gasteiger partial charge in [-0.15, -0.1) is 0 Å². The summed E-state index contributed by atoms with van der Waals surface area (Å²) in [5.41, 5.74) is -0.429. The van der Waals surface area contributed by atoms with Crippen molar-refractivity contribution in [2.75, 3.05) is 32.8 Å². The van der Waals surface area contributed by atoms with Crippen LogP contribution < -0.4 is 0 Å². The Labute approximate surface area is 122 Å². The molecule has 1 heterocycles. The SMILES string of the molecule is CC1CN(C(=O)OC(C)(C)C)CCN1CCCCCO. The second-order valence-corrected chi connectivity index (χ2v) is 6.60. The summed E-state index contributed by atoms with van der Waals surface area (Å²) < 4.78 is 5.41. The van der Waals surface area contributed by atoms with E-state index in [1.807, 2.05) is 20.8 Å². The lowest BCUT2D eigenvalue weighted by atomic mass is 10.1. The maximum atomic E-state index is 12.0. The Kier molecular flexibility index (Phi) is 6.76. The Balaban J connectivity index is 2.33. The molecule has 5 nitrogen and oxygen atoms in total. The van der Waals surface area contributed by atoms with E-state index in [0.29, 0.717) is 6.04 Å². The van der Waals surface area contributed by atoms with Crippen LogP contribution in [0.15, 0.2) is 0 Å². The molecule has 0 saturated carbocycles. The van der Waals surface area contributed by atoms with Gasteiger partial charge in [0.25, 0.3) is 0 Å². The molecule has 0 aromatic heterocycles. The van der Waals surface area contributed by atoms with Crippen molar-refractivity contribution in [3.8, 4) is 0 Å². The highest BCUT2D eigenvalue weighted by atomic mass is 16.6. The predicted molar refractivity (Wildman–Crippen MR) is 79.8 cm³/mol. The Hall–Kier alpha value is -0.810. The maximum absolute atomic E-state index is 12.0. The summed E-state index contributed by atoms with van der Waals surface area (Å²) >= 11 is 0. The largest absolute Gasteiger partial charge is 0.444 e. The lowest BCUT2D eigenvalue weighted by Gasteiger charge is -2.40. The van der Waals surface area contributed by atoms with E-state index in [2.05, 4.69) is 11.8 Å². The smallest absolute Gasteiger partial charge is 0.410 e. The van der Waals surface area contributed by atoms with Gasteiger partial charge in [0.05, 0.1) is 0 Å². The van der Waals surface area contributed by atoms with Gasteiger partial charge in [-0.3, -0.25) is 4.90 Å². The minimum Gasteiger partial charge on any atom is -0.444 e. The fourth-order valence-electron chi connectivity index (χ4n) is 2.42. The van der Waals surface area contributed by atoms with Crippen LogP contribution in [-0.4, -0.2) is 65.4 Å². The zero-order valence-electron chi connectivity index (χ0n) is 13.4. The number of aliphatic hydroxyl groups excluding tert-OH is 1. The standard InChI is InChI=1S/C15H30N2O3/c1-13-12-17(14(19)20-15(2,3)4)10-9-16(13)8-6-5-7-11-18/h13,18H,5-12H2,1-4H3. The number of aliphatic hydroxyl groups is 1. The summed E-state index contributed by atoms with van der Waals surface area (Å²) in [5, 5.41) is 8.77. The van der Waals surface area contributed by atoms with Crippen LogP contribution in [0.5, 0.6) is 0 Å². The van der Waals surface area contributed by atoms with Crippen molar-refractivity contribution in [2.45, 2.75) is 58.6 Å². The van der Waals surface area contributed by atoms with Gasteiger partial charge in [0.2, 0.25) is 0 Å². The highest BCUT2D eigenvalue weighted by Crippen LogP contribution is 2.15. The van der Waals surface area contributed by atoms with E-state index in [4.69, 9.17) is 9.84 Å². The summed E-state index contributed by atoms with van der Waals surface area (Å²) in [7, 11) is 0. The first-order valence-corrected chi connectivity index (χ1v) is 7.66. The summed E-state index contributed by atoms with van der Waals surface area (Å²) in [4.78, 5) is 16.2. The zero-order chi connectivity index (χ0) is 15.2. The first-order valence-electron chi connectivity index (χ1n) is 7.66. The van der Waals surface area contributed by atoms with E-state index < -0.39 is 5.60 Å². The summed E-state index contributed by atoms with van der Waals surface area (Å²) in [6.45, 7) is 11.5. The third kappa shape index (κ3) is 6.09. The number of rotatable bonds is 5. The molecule has 1 unspecified atom stereocenters. The molecule has 0 aliphatic carbocycles. The van der Waals surface area contributed by atoms with E-state index >= 15 is 0 Å². The van der Waals surface area contributed by atoms with Gasteiger partial charge in [0.15, 0.2) is 0 Å². The number of nitrogens with zero attached hydrogens (tertiary/aromatic N) is 2. The first-order chi connectivity index (χ1) is 9.33. The average molecular weight is 286 g/mol. The average Bonchev–Trinajstić information content (AvgIpc) is 2.34. The second-order valence-electron chi connectivity index (χ2n) is 6.60. The summed E-state index contributed by atoms with van der Waals surface area (Å²) in [6, 6.07) is 0.366. The van der Waals surface area contributed by atoms with Gasteiger partial charge in [-0.25, -0.2) is 4.79 Å². The second kappa shape index (κ2) is 7.84. The molecule has 1 atom stereocenters. The summed E-state index contributed by atoms with van der Waals surface area (Å²) in [6.07, 6.45) is 2.85. The van der Waals surface area contributed by atoms with Crippen LogP contribution >= 0.6 is 0 Å². The fraction of sp³-hybridized carbons (Fsp3) is 0.933. The zero-order valence-corrected chi connectivity index (χ0v) is 13.4. The van der Waals surface area contributed by atoms with Gasteiger partial charge in [-0.05, 0) is 53.5 Å². The van der Waals surface area contributed by atoms with Crippen LogP contribution in [0.4, 0.5) is 4.79 Å². The topological polar surface area (TPSA) is 53.0 Å². The van der Waals surface area contributed by atoms with Gasteiger partial charge >= 0.3 is 6.09 Å². The highest BCUT2D eigenvalue weighted by Gasteiger charge is 2.29. The molecule has 1 N–H and O–H groups in total. The molecule has 118 valence electrons. The predicted octanol–water partition coefficient (Wildman–Crippen LogP) is 2.09. The molecule has 1 rings (SSSR count). The number of ether oxygens (including phenoxy) is 1. The fourth-order valence-corrected chi connectivity index (χ4v) is 2.42. The molecule has 1 fully saturated rings. The number of hydrogen-bond donors (Lipinski definition) is 1. The van der Waals surface area contributed by atoms with Crippen molar-refractivity contribution < 1.29 is 14.6 Å². The molecule has 0 radical (unpaired) electrons. The molecule has 1 aliphatic rings. The van der Waals surface area contributed by atoms with E-state index in [0.717, 1.165) is 45.4 Å². The number of carbonyl (C=O) groups excluding carboxylic acids is 1. The van der Waals surface area contributed by atoms with Crippen LogP contribution in [0.25, 0.3) is 0 Å². The first kappa shape index (κ1) is 17.2. The molecular formula is C15H30N2O3. The molecule has 0 spiro atoms. The van der Waals surface area contributed by atoms with Gasteiger partial charge in [-0.1, -0.05) is 0 Å². The highest BCUT2D eigenvalue weighted by molar-refractivity contribution is 5.68. The van der Waals surface area contributed by atoms with E-state index in [-0.39, 0.29) is 12.7 Å². The van der Waals surface area contributed by atoms with Crippen molar-refractivity contribution >= 4 is 6.09 Å². The quantitative estimate of drug-likeness (QED) is 0.786. The minimum atomic E-state index is -0.429. The molecule has 0 aromatic carbocycles. The number of carbonyl (C=O) groups is 1. The maximum Gasteiger partial charge on any atom is 0.410 e. The number of amides is 1. The van der Waals surface area contributed by atoms with Gasteiger partial charge in [0, 0.05) is 32.3 Å². The molecule has 1 aliphatic heterocycles. The molecule has 5 heteroatoms. The van der Waals surface area contributed by atoms with Gasteiger partial charge in [-0.2, -0.15) is 0 Å². The lowest BCUT2D eigenvalue weighted by molar-refractivity contribution is 0.00557. The third-order valence-electron chi connectivity index (χ3n) is 3.52. The third-order valence-corrected chi connectivity index (χ3v) is 3.52. The van der Waals surface area contributed by atoms with Crippen LogP contribution in [0, 0.1) is 0 Å². The number of unbranched alkanes of at least 4 members (excludes halogenated alkanes) is 2. The van der Waals surface area contributed by atoms with Crippen molar-refractivity contribution in [1.29, 1.82) is 0 Å². The number of hydrogen-bond acceptors (Lipinski definition) is 4. The Morgan fingerprint density at radius 1 is 1.25 bits per heavy atom. The van der Waals surface area contributed by atoms with Crippen molar-refractivity contribution in [3.05, 3.63) is 0 Å². The van der Waals surface area contributed by atoms with E-state index in [1.165, 1.54) is 0 Å². The monoisotopic (exact) mass is 286 g/mol. The lowest BCUT2D eigenvalue weighted by Crippen LogP contribution is -2.54. The van der Waals surface area contributed by atoms with Crippen molar-refractivity contribution in [3.63, 3.8) is 0 Å². The molecule has 20 heavy (non-hydrogen) atoms. The molecule has 1 amide bonds. The van der Waals surface area contributed by atoms with Crippen LogP contribution in [0.3, 0.4) is 0 Å². The van der Waals surface area contributed by atoms with Crippen LogP contribution in [0.1, 0.15) is 47.0 Å². The van der Waals surface area contributed by atoms with Crippen LogP contribution in [0.2, 0.25) is 0 Å². The van der Waals surface area contributed by atoms with Crippen LogP contribution in [-0.2, 0) is 4.74 Å². The van der Waals surface area contributed by atoms with Gasteiger partial charge in [0.1, 0.15) is 5.60 Å². The van der Waals surface area contributed by atoms with E-state index in [9.17, 15) is 4.79 Å². The van der Waals surface area contributed by atoms with E-state index in [1.54, 1.807) is 4.90 Å². The Bertz CT molecular complexity index is 302. The molecular weight excluding hydrogens is 256 g/mol. The van der Waals surface area contributed by atoms with Crippen molar-refractivity contribution in [1.82, 2.24) is 9.80 Å². The molecule has 0 bridgehead atoms. The Morgan fingerprint density at radius 3 is 2.50 bits per heavy atom. The molecule has 1 saturated heterocycles. The number of piperazine rings is 1.